The predicted octanol–water partition coefficient (Wildman–Crippen LogP) is 1.22. The molecule has 12 heavy (non-hydrogen) atoms. The van der Waals surface area contributed by atoms with Crippen LogP contribution in [0.1, 0.15) is 10.4 Å². The zero-order chi connectivity index (χ0) is 9.40. The van der Waals surface area contributed by atoms with Gasteiger partial charge in [0.1, 0.15) is 0 Å². The van der Waals surface area contributed by atoms with Gasteiger partial charge in [0.15, 0.2) is 0 Å². The van der Waals surface area contributed by atoms with Crippen molar-refractivity contribution in [3.05, 3.63) is 35.9 Å². The summed E-state index contributed by atoms with van der Waals surface area (Å²) in [4.78, 5) is 10.2. The topological polar surface area (TPSA) is 81.3 Å². The minimum Gasteiger partial charge on any atom is -0.478 e. The van der Waals surface area contributed by atoms with Crippen LogP contribution in [0.4, 0.5) is 0 Å². The second kappa shape index (κ2) is 5.74. The van der Waals surface area contributed by atoms with E-state index in [1.807, 2.05) is 0 Å². The number of aliphatic hydroxyl groups is 1. The molecular formula is C8H7NO3. The molecule has 0 atom stereocenters. The van der Waals surface area contributed by atoms with Gasteiger partial charge in [-0.1, -0.05) is 18.2 Å². The molecule has 1 aromatic rings. The molecule has 0 radical (unpaired) electrons. The zero-order valence-electron chi connectivity index (χ0n) is 6.14. The number of rotatable bonds is 1. The molecule has 0 amide bonds. The van der Waals surface area contributed by atoms with Crippen LogP contribution in [0.3, 0.4) is 0 Å². The standard InChI is InChI=1S/C7H6O2.CHNO/c8-7(9)6-4-2-1-3-5-6;2-1-3/h1-5H,(H,8,9);3H. The molecule has 0 heterocycles. The fourth-order valence-corrected chi connectivity index (χ4v) is 0.581. The van der Waals surface area contributed by atoms with Crippen molar-refractivity contribution >= 4 is 5.97 Å². The molecule has 0 aliphatic rings. The third kappa shape index (κ3) is 3.90. The highest BCUT2D eigenvalue weighted by Crippen LogP contribution is 1.96. The molecule has 0 aliphatic heterocycles. The van der Waals surface area contributed by atoms with Crippen molar-refractivity contribution in [3.8, 4) is 6.26 Å². The fraction of sp³-hybridized carbons (Fsp3) is 0. The Morgan fingerprint density at radius 2 is 1.75 bits per heavy atom. The van der Waals surface area contributed by atoms with Crippen LogP contribution in [0.15, 0.2) is 30.3 Å². The molecule has 4 heteroatoms. The van der Waals surface area contributed by atoms with E-state index >= 15 is 0 Å². The Labute approximate surface area is 69.3 Å². The monoisotopic (exact) mass is 165 g/mol. The third-order valence-electron chi connectivity index (χ3n) is 1.02. The number of nitriles is 1. The molecule has 0 aromatic heterocycles. The summed E-state index contributed by atoms with van der Waals surface area (Å²) in [5.74, 6) is -0.879. The van der Waals surface area contributed by atoms with E-state index in [-0.39, 0.29) is 0 Å². The summed E-state index contributed by atoms with van der Waals surface area (Å²) in [5.41, 5.74) is 0.331. The predicted molar refractivity (Wildman–Crippen MR) is 41.0 cm³/mol. The molecule has 2 N–H and O–H groups in total. The van der Waals surface area contributed by atoms with Crippen LogP contribution in [0, 0.1) is 11.5 Å². The van der Waals surface area contributed by atoms with Crippen LogP contribution in [-0.4, -0.2) is 16.2 Å². The Bertz CT molecular complexity index is 276. The highest BCUT2D eigenvalue weighted by atomic mass is 16.4. The fourth-order valence-electron chi connectivity index (χ4n) is 0.581. The largest absolute Gasteiger partial charge is 0.478 e. The molecule has 1 rings (SSSR count). The summed E-state index contributed by atoms with van der Waals surface area (Å²) in [6.45, 7) is 0. The van der Waals surface area contributed by atoms with Crippen LogP contribution in [0.5, 0.6) is 0 Å². The van der Waals surface area contributed by atoms with E-state index in [1.54, 1.807) is 30.3 Å². The van der Waals surface area contributed by atoms with Gasteiger partial charge in [-0.3, -0.25) is 0 Å². The van der Waals surface area contributed by atoms with Crippen LogP contribution < -0.4 is 0 Å². The number of aromatic carboxylic acids is 1. The van der Waals surface area contributed by atoms with Crippen molar-refractivity contribution in [2.24, 2.45) is 0 Å². The lowest BCUT2D eigenvalue weighted by atomic mass is 10.2. The number of carbonyl (C=O) groups is 1. The smallest absolute Gasteiger partial charge is 0.335 e. The maximum Gasteiger partial charge on any atom is 0.335 e. The van der Waals surface area contributed by atoms with E-state index in [4.69, 9.17) is 15.5 Å². The lowest BCUT2D eigenvalue weighted by Gasteiger charge is -1.88. The lowest BCUT2D eigenvalue weighted by Crippen LogP contribution is -1.93. The van der Waals surface area contributed by atoms with Crippen molar-refractivity contribution in [2.75, 3.05) is 0 Å². The van der Waals surface area contributed by atoms with E-state index in [9.17, 15) is 4.79 Å². The second-order valence-corrected chi connectivity index (χ2v) is 1.77. The van der Waals surface area contributed by atoms with Crippen LogP contribution in [-0.2, 0) is 0 Å². The van der Waals surface area contributed by atoms with Crippen LogP contribution in [0.2, 0.25) is 0 Å². The Morgan fingerprint density at radius 1 is 1.33 bits per heavy atom. The molecule has 0 saturated heterocycles. The van der Waals surface area contributed by atoms with E-state index in [2.05, 4.69) is 0 Å². The minimum atomic E-state index is -0.879. The van der Waals surface area contributed by atoms with E-state index in [1.165, 1.54) is 0 Å². The van der Waals surface area contributed by atoms with Gasteiger partial charge in [0.25, 0.3) is 6.26 Å². The first-order chi connectivity index (χ1) is 5.72. The average Bonchev–Trinajstić information content (AvgIpc) is 2.07. The zero-order valence-corrected chi connectivity index (χ0v) is 6.14. The number of nitrogens with zero attached hydrogens (tertiary/aromatic N) is 1. The molecule has 4 nitrogen and oxygen atoms in total. The number of carboxylic acid groups (broad SMARTS) is 1. The number of carboxylic acids is 1. The average molecular weight is 165 g/mol. The minimum absolute atomic E-state index is 0.331. The molecule has 0 aliphatic carbocycles. The Kier molecular flexibility index (Phi) is 4.77. The maximum absolute atomic E-state index is 10.2. The third-order valence-corrected chi connectivity index (χ3v) is 1.02. The molecule has 1 aromatic carbocycles. The Morgan fingerprint density at radius 3 is 2.00 bits per heavy atom. The number of hydrogen-bond acceptors (Lipinski definition) is 3. The van der Waals surface area contributed by atoms with Crippen LogP contribution in [0.25, 0.3) is 0 Å². The normalized spacial score (nSPS) is 7.25. The first-order valence-electron chi connectivity index (χ1n) is 3.04. The molecule has 0 saturated carbocycles. The van der Waals surface area contributed by atoms with Gasteiger partial charge >= 0.3 is 5.97 Å². The molecule has 0 spiro atoms. The van der Waals surface area contributed by atoms with Crippen molar-refractivity contribution in [3.63, 3.8) is 0 Å². The van der Waals surface area contributed by atoms with E-state index in [0.717, 1.165) is 6.26 Å². The summed E-state index contributed by atoms with van der Waals surface area (Å²) in [5, 5.41) is 22.1. The summed E-state index contributed by atoms with van der Waals surface area (Å²) in [6, 6.07) is 8.30. The molecule has 0 fully saturated rings. The molecule has 0 unspecified atom stereocenters. The maximum atomic E-state index is 10.2. The molecule has 0 bridgehead atoms. The lowest BCUT2D eigenvalue weighted by molar-refractivity contribution is 0.0697. The molecular weight excluding hydrogens is 158 g/mol. The van der Waals surface area contributed by atoms with Gasteiger partial charge in [0.05, 0.1) is 5.56 Å². The van der Waals surface area contributed by atoms with E-state index < -0.39 is 5.97 Å². The van der Waals surface area contributed by atoms with Crippen molar-refractivity contribution in [1.82, 2.24) is 0 Å². The Balaban J connectivity index is 0.000000354. The number of hydrogen-bond donors (Lipinski definition) is 2. The first kappa shape index (κ1) is 9.98. The van der Waals surface area contributed by atoms with Crippen molar-refractivity contribution < 1.29 is 15.0 Å². The second-order valence-electron chi connectivity index (χ2n) is 1.77. The SMILES string of the molecule is N#CO.O=C(O)c1ccccc1. The van der Waals surface area contributed by atoms with Gasteiger partial charge in [0, 0.05) is 0 Å². The number of benzene rings is 1. The highest BCUT2D eigenvalue weighted by molar-refractivity contribution is 5.87. The van der Waals surface area contributed by atoms with Gasteiger partial charge in [-0.2, -0.15) is 5.26 Å². The first-order valence-corrected chi connectivity index (χ1v) is 3.04. The van der Waals surface area contributed by atoms with Gasteiger partial charge in [0.2, 0.25) is 0 Å². The van der Waals surface area contributed by atoms with Crippen molar-refractivity contribution in [1.29, 1.82) is 5.26 Å². The van der Waals surface area contributed by atoms with Gasteiger partial charge in [-0.15, -0.1) is 0 Å². The summed E-state index contributed by atoms with van der Waals surface area (Å²) in [6.07, 6.45) is 0.750. The number of aliphatic hydroxyl groups excluding tert-OH is 1. The summed E-state index contributed by atoms with van der Waals surface area (Å²) < 4.78 is 0. The quantitative estimate of drug-likeness (QED) is 0.613. The summed E-state index contributed by atoms with van der Waals surface area (Å²) in [7, 11) is 0. The molecule has 62 valence electrons. The van der Waals surface area contributed by atoms with Gasteiger partial charge < -0.3 is 10.2 Å². The van der Waals surface area contributed by atoms with Gasteiger partial charge in [-0.25, -0.2) is 4.79 Å². The van der Waals surface area contributed by atoms with E-state index in [0.29, 0.717) is 5.56 Å². The van der Waals surface area contributed by atoms with Crippen molar-refractivity contribution in [2.45, 2.75) is 0 Å². The van der Waals surface area contributed by atoms with Gasteiger partial charge in [-0.05, 0) is 12.1 Å². The highest BCUT2D eigenvalue weighted by Gasteiger charge is 1.96. The summed E-state index contributed by atoms with van der Waals surface area (Å²) >= 11 is 0. The Hall–Kier alpha value is -2.02. The van der Waals surface area contributed by atoms with Crippen LogP contribution >= 0.6 is 0 Å².